The number of nitrogens with one attached hydrogen (secondary N) is 2. The minimum Gasteiger partial charge on any atom is -0.450 e. The zero-order valence-corrected chi connectivity index (χ0v) is 12.7. The smallest absolute Gasteiger partial charge is 0.412 e. The van der Waals surface area contributed by atoms with Crippen LogP contribution in [-0.4, -0.2) is 38.6 Å². The number of amides is 2. The lowest BCUT2D eigenvalue weighted by Crippen LogP contribution is -2.20. The highest BCUT2D eigenvalue weighted by atomic mass is 16.5. The lowest BCUT2D eigenvalue weighted by molar-refractivity contribution is -0.117. The Morgan fingerprint density at radius 1 is 1.33 bits per heavy atom. The Labute approximate surface area is 135 Å². The average Bonchev–Trinajstić information content (AvgIpc) is 3.16. The number of oxazole rings is 1. The largest absolute Gasteiger partial charge is 0.450 e. The molecule has 0 spiro atoms. The van der Waals surface area contributed by atoms with E-state index in [1.165, 1.54) is 12.6 Å². The van der Waals surface area contributed by atoms with Gasteiger partial charge in [-0.2, -0.15) is 9.90 Å². The molecule has 0 aliphatic rings. The molecule has 0 atom stereocenters. The predicted molar refractivity (Wildman–Crippen MR) is 83.3 cm³/mol. The molecule has 2 amide bonds. The van der Waals surface area contributed by atoms with Gasteiger partial charge in [0.05, 0.1) is 12.8 Å². The Balaban J connectivity index is 1.58. The van der Waals surface area contributed by atoms with Crippen molar-refractivity contribution in [2.24, 2.45) is 0 Å². The van der Waals surface area contributed by atoms with E-state index in [-0.39, 0.29) is 24.9 Å². The molecule has 24 heavy (non-hydrogen) atoms. The first-order valence-electron chi connectivity index (χ1n) is 7.11. The van der Waals surface area contributed by atoms with E-state index in [4.69, 9.17) is 9.15 Å². The first-order chi connectivity index (χ1) is 11.6. The van der Waals surface area contributed by atoms with Gasteiger partial charge in [0, 0.05) is 5.69 Å². The second kappa shape index (κ2) is 6.77. The minimum absolute atomic E-state index is 0.110. The summed E-state index contributed by atoms with van der Waals surface area (Å²) < 4.78 is 9.86. The van der Waals surface area contributed by atoms with Crippen LogP contribution in [0.5, 0.6) is 0 Å². The van der Waals surface area contributed by atoms with Gasteiger partial charge in [-0.3, -0.25) is 10.1 Å². The van der Waals surface area contributed by atoms with Gasteiger partial charge in [0.2, 0.25) is 5.91 Å². The van der Waals surface area contributed by atoms with Crippen LogP contribution in [0.1, 0.15) is 6.92 Å². The summed E-state index contributed by atoms with van der Waals surface area (Å²) in [6.45, 7) is 1.83. The van der Waals surface area contributed by atoms with Crippen molar-refractivity contribution in [3.05, 3.63) is 30.8 Å². The quantitative estimate of drug-likeness (QED) is 0.728. The van der Waals surface area contributed by atoms with Crippen molar-refractivity contribution in [3.8, 4) is 0 Å². The summed E-state index contributed by atoms with van der Waals surface area (Å²) in [5, 5.41) is 13.0. The van der Waals surface area contributed by atoms with Gasteiger partial charge in [0.1, 0.15) is 12.1 Å². The van der Waals surface area contributed by atoms with Crippen molar-refractivity contribution in [1.82, 2.24) is 20.0 Å². The summed E-state index contributed by atoms with van der Waals surface area (Å²) in [4.78, 5) is 28.5. The van der Waals surface area contributed by atoms with Gasteiger partial charge >= 0.3 is 6.09 Å². The SMILES string of the molecule is CCOC(=O)Nc1cnn(CC(=O)Nc2ccc3ocnc3c2)n1. The van der Waals surface area contributed by atoms with E-state index in [0.29, 0.717) is 16.8 Å². The fraction of sp³-hybridized carbons (Fsp3) is 0.214. The standard InChI is InChI=1S/C14H14N6O4/c1-2-23-14(22)18-12-6-16-20(19-12)7-13(21)17-9-3-4-11-10(5-9)15-8-24-11/h3-6,8H,2,7H2,1H3,(H,17,21)(H,18,19,22). The Hall–Kier alpha value is -3.43. The number of rotatable bonds is 5. The third-order valence-corrected chi connectivity index (χ3v) is 2.94. The number of carbonyl (C=O) groups is 2. The number of hydrogen-bond acceptors (Lipinski definition) is 7. The summed E-state index contributed by atoms with van der Waals surface area (Å²) >= 11 is 0. The summed E-state index contributed by atoms with van der Waals surface area (Å²) in [7, 11) is 0. The Kier molecular flexibility index (Phi) is 4.36. The second-order valence-electron chi connectivity index (χ2n) is 4.69. The Bertz CT molecular complexity index is 871. The third kappa shape index (κ3) is 3.66. The molecule has 0 aliphatic carbocycles. The summed E-state index contributed by atoms with van der Waals surface area (Å²) in [6, 6.07) is 5.11. The zero-order valence-electron chi connectivity index (χ0n) is 12.7. The van der Waals surface area contributed by atoms with Crippen LogP contribution in [0.3, 0.4) is 0 Å². The third-order valence-electron chi connectivity index (χ3n) is 2.94. The van der Waals surface area contributed by atoms with Gasteiger partial charge in [-0.15, -0.1) is 5.10 Å². The molecule has 2 N–H and O–H groups in total. The van der Waals surface area contributed by atoms with Crippen LogP contribution in [-0.2, 0) is 16.1 Å². The molecule has 0 radical (unpaired) electrons. The molecular formula is C14H14N6O4. The fourth-order valence-corrected chi connectivity index (χ4v) is 1.97. The highest BCUT2D eigenvalue weighted by Crippen LogP contribution is 2.17. The normalized spacial score (nSPS) is 10.5. The van der Waals surface area contributed by atoms with E-state index in [9.17, 15) is 9.59 Å². The van der Waals surface area contributed by atoms with Gasteiger partial charge in [-0.1, -0.05) is 0 Å². The highest BCUT2D eigenvalue weighted by molar-refractivity contribution is 5.92. The maximum absolute atomic E-state index is 12.0. The van der Waals surface area contributed by atoms with E-state index in [2.05, 4.69) is 25.8 Å². The number of carbonyl (C=O) groups excluding carboxylic acids is 2. The molecular weight excluding hydrogens is 316 g/mol. The number of benzene rings is 1. The lowest BCUT2D eigenvalue weighted by Gasteiger charge is -2.04. The molecule has 0 saturated heterocycles. The van der Waals surface area contributed by atoms with E-state index in [0.717, 1.165) is 4.80 Å². The van der Waals surface area contributed by atoms with Crippen LogP contribution in [0.25, 0.3) is 11.1 Å². The predicted octanol–water partition coefficient (Wildman–Crippen LogP) is 1.63. The van der Waals surface area contributed by atoms with Crippen LogP contribution in [0.4, 0.5) is 16.3 Å². The van der Waals surface area contributed by atoms with Crippen molar-refractivity contribution in [2.75, 3.05) is 17.2 Å². The van der Waals surface area contributed by atoms with E-state index in [1.807, 2.05) is 0 Å². The summed E-state index contributed by atoms with van der Waals surface area (Å²) in [5.41, 5.74) is 1.86. The molecule has 2 heterocycles. The number of nitrogens with zero attached hydrogens (tertiary/aromatic N) is 4. The molecule has 3 rings (SSSR count). The Morgan fingerprint density at radius 2 is 2.21 bits per heavy atom. The fourth-order valence-electron chi connectivity index (χ4n) is 1.97. The molecule has 0 saturated carbocycles. The molecule has 0 unspecified atom stereocenters. The summed E-state index contributed by atoms with van der Waals surface area (Å²) in [6.07, 6.45) is 2.03. The van der Waals surface area contributed by atoms with Crippen LogP contribution < -0.4 is 10.6 Å². The Morgan fingerprint density at radius 3 is 3.04 bits per heavy atom. The molecule has 0 fully saturated rings. The zero-order chi connectivity index (χ0) is 16.9. The average molecular weight is 330 g/mol. The van der Waals surface area contributed by atoms with Gasteiger partial charge in [-0.05, 0) is 25.1 Å². The maximum atomic E-state index is 12.0. The molecule has 124 valence electrons. The topological polar surface area (TPSA) is 124 Å². The molecule has 1 aromatic carbocycles. The van der Waals surface area contributed by atoms with Gasteiger partial charge in [0.25, 0.3) is 0 Å². The van der Waals surface area contributed by atoms with Gasteiger partial charge in [-0.25, -0.2) is 9.78 Å². The second-order valence-corrected chi connectivity index (χ2v) is 4.69. The van der Waals surface area contributed by atoms with E-state index >= 15 is 0 Å². The van der Waals surface area contributed by atoms with Crippen LogP contribution in [0, 0.1) is 0 Å². The van der Waals surface area contributed by atoms with Crippen molar-refractivity contribution < 1.29 is 18.7 Å². The van der Waals surface area contributed by atoms with E-state index < -0.39 is 6.09 Å². The number of anilines is 2. The molecule has 10 heteroatoms. The van der Waals surface area contributed by atoms with Crippen molar-refractivity contribution in [1.29, 1.82) is 0 Å². The van der Waals surface area contributed by atoms with Gasteiger partial charge in [0.15, 0.2) is 17.8 Å². The molecule has 0 aliphatic heterocycles. The van der Waals surface area contributed by atoms with Crippen LogP contribution >= 0.6 is 0 Å². The minimum atomic E-state index is -0.630. The molecule has 3 aromatic rings. The van der Waals surface area contributed by atoms with Crippen molar-refractivity contribution in [3.63, 3.8) is 0 Å². The summed E-state index contributed by atoms with van der Waals surface area (Å²) in [5.74, 6) is -0.124. The number of ether oxygens (including phenoxy) is 1. The van der Waals surface area contributed by atoms with Crippen molar-refractivity contribution in [2.45, 2.75) is 13.5 Å². The first kappa shape index (κ1) is 15.5. The molecule has 10 nitrogen and oxygen atoms in total. The van der Waals surface area contributed by atoms with Crippen LogP contribution in [0.15, 0.2) is 35.2 Å². The number of hydrogen-bond donors (Lipinski definition) is 2. The number of aromatic nitrogens is 4. The van der Waals surface area contributed by atoms with Crippen molar-refractivity contribution >= 4 is 34.6 Å². The van der Waals surface area contributed by atoms with Gasteiger partial charge < -0.3 is 14.5 Å². The monoisotopic (exact) mass is 330 g/mol. The van der Waals surface area contributed by atoms with Crippen LogP contribution in [0.2, 0.25) is 0 Å². The molecule has 2 aromatic heterocycles. The number of fused-ring (bicyclic) bond motifs is 1. The highest BCUT2D eigenvalue weighted by Gasteiger charge is 2.10. The first-order valence-corrected chi connectivity index (χ1v) is 7.11. The maximum Gasteiger partial charge on any atom is 0.412 e. The lowest BCUT2D eigenvalue weighted by atomic mass is 10.3. The molecule has 0 bridgehead atoms. The van der Waals surface area contributed by atoms with E-state index in [1.54, 1.807) is 25.1 Å².